The van der Waals surface area contributed by atoms with Crippen molar-refractivity contribution in [2.24, 2.45) is 4.99 Å². The Morgan fingerprint density at radius 1 is 1.05 bits per heavy atom. The average molecular weight is 601 g/mol. The van der Waals surface area contributed by atoms with E-state index in [1.54, 1.807) is 58.0 Å². The summed E-state index contributed by atoms with van der Waals surface area (Å²) in [6.45, 7) is 6.75. The van der Waals surface area contributed by atoms with Gasteiger partial charge in [-0.05, 0) is 68.8 Å². The second-order valence-electron chi connectivity index (χ2n) is 8.94. The second kappa shape index (κ2) is 11.2. The maximum absolute atomic E-state index is 13.9. The molecule has 10 heteroatoms. The summed E-state index contributed by atoms with van der Waals surface area (Å²) in [6, 6.07) is 15.2. The molecule has 0 fully saturated rings. The molecule has 0 saturated carbocycles. The molecule has 1 atom stereocenters. The number of allylic oxidation sites excluding steroid dienone is 1. The molecular formula is C29H24Cl3N3O3S. The van der Waals surface area contributed by atoms with Gasteiger partial charge in [-0.1, -0.05) is 58.3 Å². The number of carbonyl (C=O) groups excluding carboxylic acids is 1. The van der Waals surface area contributed by atoms with E-state index >= 15 is 0 Å². The van der Waals surface area contributed by atoms with Gasteiger partial charge in [0.1, 0.15) is 11.5 Å². The average Bonchev–Trinajstić information content (AvgIpc) is 3.50. The fourth-order valence-corrected chi connectivity index (χ4v) is 6.16. The van der Waals surface area contributed by atoms with Gasteiger partial charge in [-0.3, -0.25) is 14.2 Å². The number of rotatable bonds is 6. The Kier molecular flexibility index (Phi) is 7.87. The zero-order valence-corrected chi connectivity index (χ0v) is 24.5. The van der Waals surface area contributed by atoms with E-state index in [4.69, 9.17) is 44.2 Å². The predicted molar refractivity (Wildman–Crippen MR) is 157 cm³/mol. The summed E-state index contributed by atoms with van der Waals surface area (Å²) < 4.78 is 8.02. The Morgan fingerprint density at radius 3 is 2.44 bits per heavy atom. The molecule has 2 aromatic carbocycles. The Balaban J connectivity index is 1.65. The van der Waals surface area contributed by atoms with Crippen molar-refractivity contribution in [3.63, 3.8) is 0 Å². The molecule has 5 rings (SSSR count). The van der Waals surface area contributed by atoms with Gasteiger partial charge in [-0.25, -0.2) is 4.99 Å². The first-order valence-electron chi connectivity index (χ1n) is 12.3. The van der Waals surface area contributed by atoms with E-state index in [-0.39, 0.29) is 11.5 Å². The Labute approximate surface area is 244 Å². The highest BCUT2D eigenvalue weighted by Crippen LogP contribution is 2.33. The second-order valence-corrected chi connectivity index (χ2v) is 11.2. The van der Waals surface area contributed by atoms with Crippen molar-refractivity contribution in [1.82, 2.24) is 9.47 Å². The molecule has 0 saturated heterocycles. The van der Waals surface area contributed by atoms with Crippen LogP contribution in [0.3, 0.4) is 0 Å². The maximum Gasteiger partial charge on any atom is 0.271 e. The molecule has 2 aromatic heterocycles. The first kappa shape index (κ1) is 27.5. The normalized spacial score (nSPS) is 15.3. The molecule has 39 heavy (non-hydrogen) atoms. The van der Waals surface area contributed by atoms with Crippen LogP contribution < -0.4 is 14.9 Å². The quantitative estimate of drug-likeness (QED) is 0.260. The van der Waals surface area contributed by atoms with Crippen LogP contribution in [0.5, 0.6) is 0 Å². The van der Waals surface area contributed by atoms with Gasteiger partial charge >= 0.3 is 0 Å². The number of benzene rings is 2. The largest absolute Gasteiger partial charge is 0.457 e. The van der Waals surface area contributed by atoms with Crippen molar-refractivity contribution in [2.75, 3.05) is 13.1 Å². The van der Waals surface area contributed by atoms with E-state index in [0.717, 1.165) is 5.56 Å². The van der Waals surface area contributed by atoms with Crippen LogP contribution in [-0.2, 0) is 4.79 Å². The number of thiazole rings is 1. The number of furan rings is 1. The van der Waals surface area contributed by atoms with E-state index in [1.165, 1.54) is 11.3 Å². The molecule has 1 aliphatic heterocycles. The van der Waals surface area contributed by atoms with Crippen molar-refractivity contribution < 1.29 is 9.21 Å². The SMILES string of the molecule is CCN(CC)C(=O)C1=C(C)N=c2s/c(=C/c3ccc(-c4cc(Cl)ccc4Cl)o3)c(=O)n2[C@H]1c1ccc(Cl)cc1. The molecule has 1 aliphatic rings. The van der Waals surface area contributed by atoms with E-state index in [2.05, 4.69) is 0 Å². The van der Waals surface area contributed by atoms with Crippen LogP contribution in [0.4, 0.5) is 0 Å². The van der Waals surface area contributed by atoms with Crippen molar-refractivity contribution >= 4 is 58.1 Å². The third kappa shape index (κ3) is 5.24. The van der Waals surface area contributed by atoms with Crippen LogP contribution in [0.25, 0.3) is 17.4 Å². The summed E-state index contributed by atoms with van der Waals surface area (Å²) in [5.41, 5.74) is 2.21. The molecule has 0 radical (unpaired) electrons. The molecule has 0 aliphatic carbocycles. The lowest BCUT2D eigenvalue weighted by molar-refractivity contribution is -0.127. The zero-order valence-electron chi connectivity index (χ0n) is 21.4. The van der Waals surface area contributed by atoms with Crippen LogP contribution >= 0.6 is 46.1 Å². The summed E-state index contributed by atoms with van der Waals surface area (Å²) >= 11 is 19.9. The Hall–Kier alpha value is -3.10. The summed E-state index contributed by atoms with van der Waals surface area (Å²) in [6.07, 6.45) is 1.68. The first-order valence-corrected chi connectivity index (χ1v) is 14.3. The van der Waals surface area contributed by atoms with Gasteiger partial charge in [0, 0.05) is 34.8 Å². The van der Waals surface area contributed by atoms with Gasteiger partial charge in [-0.2, -0.15) is 0 Å². The molecule has 1 amide bonds. The number of fused-ring (bicyclic) bond motifs is 1. The van der Waals surface area contributed by atoms with E-state index < -0.39 is 6.04 Å². The minimum Gasteiger partial charge on any atom is -0.457 e. The number of aromatic nitrogens is 1. The van der Waals surface area contributed by atoms with E-state index in [9.17, 15) is 9.59 Å². The molecule has 4 aromatic rings. The summed E-state index contributed by atoms with van der Waals surface area (Å²) in [7, 11) is 0. The minimum atomic E-state index is -0.647. The number of likely N-dealkylation sites (N-methyl/N-ethyl adjacent to an activating group) is 1. The van der Waals surface area contributed by atoms with Crippen LogP contribution in [-0.4, -0.2) is 28.5 Å². The molecule has 3 heterocycles. The highest BCUT2D eigenvalue weighted by Gasteiger charge is 2.34. The van der Waals surface area contributed by atoms with E-state index in [0.29, 0.717) is 65.8 Å². The Bertz CT molecular complexity index is 1780. The fraction of sp³-hybridized carbons (Fsp3) is 0.207. The topological polar surface area (TPSA) is 67.8 Å². The third-order valence-electron chi connectivity index (χ3n) is 6.58. The van der Waals surface area contributed by atoms with Crippen molar-refractivity contribution in [3.05, 3.63) is 112 Å². The molecule has 200 valence electrons. The van der Waals surface area contributed by atoms with Gasteiger partial charge in [0.2, 0.25) is 0 Å². The highest BCUT2D eigenvalue weighted by molar-refractivity contribution is 7.07. The minimum absolute atomic E-state index is 0.149. The number of nitrogens with zero attached hydrogens (tertiary/aromatic N) is 3. The molecule has 6 nitrogen and oxygen atoms in total. The van der Waals surface area contributed by atoms with Crippen LogP contribution in [0, 0.1) is 0 Å². The van der Waals surface area contributed by atoms with Gasteiger partial charge in [-0.15, -0.1) is 0 Å². The van der Waals surface area contributed by atoms with Crippen molar-refractivity contribution in [1.29, 1.82) is 0 Å². The van der Waals surface area contributed by atoms with Gasteiger partial charge in [0.15, 0.2) is 4.80 Å². The number of hydrogen-bond acceptors (Lipinski definition) is 5. The van der Waals surface area contributed by atoms with Gasteiger partial charge < -0.3 is 9.32 Å². The number of halogens is 3. The van der Waals surface area contributed by atoms with Gasteiger partial charge in [0.05, 0.1) is 26.9 Å². The third-order valence-corrected chi connectivity index (χ3v) is 8.38. The summed E-state index contributed by atoms with van der Waals surface area (Å²) in [4.78, 5) is 34.4. The lowest BCUT2D eigenvalue weighted by atomic mass is 9.94. The molecule has 0 unspecified atom stereocenters. The number of hydrogen-bond donors (Lipinski definition) is 0. The van der Waals surface area contributed by atoms with Crippen LogP contribution in [0.1, 0.15) is 38.1 Å². The van der Waals surface area contributed by atoms with Gasteiger partial charge in [0.25, 0.3) is 11.5 Å². The molecular weight excluding hydrogens is 577 g/mol. The number of amides is 1. The maximum atomic E-state index is 13.9. The molecule has 0 spiro atoms. The first-order chi connectivity index (χ1) is 18.7. The van der Waals surface area contributed by atoms with Crippen LogP contribution in [0.2, 0.25) is 15.1 Å². The standard InChI is InChI=1S/C29H24Cl3N3O3S/c1-4-34(5-2)28(37)25-16(3)33-29-35(26(25)17-6-8-18(30)9-7-17)27(36)24(39-29)15-20-11-13-23(38-20)21-14-19(31)10-12-22(21)32/h6-15,26H,4-5H2,1-3H3/b24-15+/t26-/m0/s1. The van der Waals surface area contributed by atoms with Crippen molar-refractivity contribution in [3.8, 4) is 11.3 Å². The van der Waals surface area contributed by atoms with E-state index in [1.807, 2.05) is 32.9 Å². The predicted octanol–water partition coefficient (Wildman–Crippen LogP) is 6.32. The lowest BCUT2D eigenvalue weighted by Gasteiger charge is -2.29. The monoisotopic (exact) mass is 599 g/mol. The molecule has 0 N–H and O–H groups in total. The lowest BCUT2D eigenvalue weighted by Crippen LogP contribution is -2.43. The molecule has 0 bridgehead atoms. The smallest absolute Gasteiger partial charge is 0.271 e. The van der Waals surface area contributed by atoms with Crippen molar-refractivity contribution in [2.45, 2.75) is 26.8 Å². The zero-order chi connectivity index (χ0) is 27.8. The highest BCUT2D eigenvalue weighted by atomic mass is 35.5. The fourth-order valence-electron chi connectivity index (χ4n) is 4.63. The number of carbonyl (C=O) groups is 1. The van der Waals surface area contributed by atoms with Crippen LogP contribution in [0.15, 0.2) is 80.1 Å². The Morgan fingerprint density at radius 2 is 1.74 bits per heavy atom. The summed E-state index contributed by atoms with van der Waals surface area (Å²) in [5, 5.41) is 1.61. The summed E-state index contributed by atoms with van der Waals surface area (Å²) in [5.74, 6) is 0.859.